The highest BCUT2D eigenvalue weighted by Gasteiger charge is 2.40. The maximum atomic E-state index is 12.2. The monoisotopic (exact) mass is 299 g/mol. The van der Waals surface area contributed by atoms with Crippen molar-refractivity contribution >= 4 is 10.0 Å². The summed E-state index contributed by atoms with van der Waals surface area (Å²) in [5, 5.41) is 8.10. The van der Waals surface area contributed by atoms with E-state index in [0.29, 0.717) is 13.1 Å². The van der Waals surface area contributed by atoms with E-state index < -0.39 is 10.0 Å². The van der Waals surface area contributed by atoms with Crippen LogP contribution < -0.4 is 0 Å². The molecule has 3 rings (SSSR count). The van der Waals surface area contributed by atoms with E-state index in [1.54, 1.807) is 4.31 Å². The normalized spacial score (nSPS) is 22.3. The van der Waals surface area contributed by atoms with Gasteiger partial charge in [0.15, 0.2) is 0 Å². The Labute approximate surface area is 119 Å². The number of hydrogen-bond donors (Lipinski definition) is 0. The molecule has 8 heteroatoms. The highest BCUT2D eigenvalue weighted by molar-refractivity contribution is 7.90. The van der Waals surface area contributed by atoms with Gasteiger partial charge >= 0.3 is 0 Å². The van der Waals surface area contributed by atoms with Crippen LogP contribution in [0.2, 0.25) is 0 Å². The van der Waals surface area contributed by atoms with Gasteiger partial charge in [0.2, 0.25) is 10.0 Å². The van der Waals surface area contributed by atoms with Crippen LogP contribution >= 0.6 is 0 Å². The molecule has 0 unspecified atom stereocenters. The molecule has 1 aromatic heterocycles. The Morgan fingerprint density at radius 3 is 2.30 bits per heavy atom. The lowest BCUT2D eigenvalue weighted by Gasteiger charge is -2.33. The number of sulfonamides is 1. The van der Waals surface area contributed by atoms with Gasteiger partial charge in [0.25, 0.3) is 0 Å². The summed E-state index contributed by atoms with van der Waals surface area (Å²) in [6, 6.07) is 0. The molecule has 0 amide bonds. The average Bonchev–Trinajstić information content (AvgIpc) is 3.23. The molecule has 2 aliphatic rings. The van der Waals surface area contributed by atoms with Crippen molar-refractivity contribution in [2.24, 2.45) is 7.05 Å². The van der Waals surface area contributed by atoms with Crippen LogP contribution in [0.1, 0.15) is 24.5 Å². The third kappa shape index (κ3) is 2.59. The molecule has 0 aromatic carbocycles. The molecule has 1 aliphatic carbocycles. The van der Waals surface area contributed by atoms with E-state index in [1.807, 2.05) is 18.5 Å². The Hall–Kier alpha value is -0.990. The Balaban J connectivity index is 1.57. The van der Waals surface area contributed by atoms with Gasteiger partial charge < -0.3 is 4.57 Å². The molecule has 112 valence electrons. The summed E-state index contributed by atoms with van der Waals surface area (Å²) in [6.07, 6.45) is 1.67. The second kappa shape index (κ2) is 5.09. The predicted octanol–water partition coefficient (Wildman–Crippen LogP) is -0.267. The largest absolute Gasteiger partial charge is 0.317 e. The maximum absolute atomic E-state index is 12.2. The molecule has 1 aromatic rings. The third-order valence-electron chi connectivity index (χ3n) is 4.18. The molecule has 1 aliphatic heterocycles. The molecule has 0 bridgehead atoms. The molecule has 2 fully saturated rings. The van der Waals surface area contributed by atoms with Crippen molar-refractivity contribution in [2.75, 3.05) is 26.2 Å². The van der Waals surface area contributed by atoms with Crippen LogP contribution in [0.25, 0.3) is 0 Å². The highest BCUT2D eigenvalue weighted by atomic mass is 32.2. The van der Waals surface area contributed by atoms with E-state index in [9.17, 15) is 8.42 Å². The Morgan fingerprint density at radius 2 is 1.80 bits per heavy atom. The standard InChI is InChI=1S/C12H21N5O2S/c1-10-13-14-12(15(10)2)9-16-5-7-17(8-6-16)20(18,19)11-3-4-11/h11H,3-9H2,1-2H3. The molecule has 2 heterocycles. The van der Waals surface area contributed by atoms with Gasteiger partial charge in [-0.05, 0) is 19.8 Å². The van der Waals surface area contributed by atoms with Gasteiger partial charge in [-0.25, -0.2) is 8.42 Å². The lowest BCUT2D eigenvalue weighted by atomic mass is 10.3. The lowest BCUT2D eigenvalue weighted by Crippen LogP contribution is -2.49. The molecule has 7 nitrogen and oxygen atoms in total. The van der Waals surface area contributed by atoms with Crippen molar-refractivity contribution in [2.45, 2.75) is 31.6 Å². The quantitative estimate of drug-likeness (QED) is 0.765. The fourth-order valence-corrected chi connectivity index (χ4v) is 4.33. The summed E-state index contributed by atoms with van der Waals surface area (Å²) in [6.45, 7) is 5.37. The number of nitrogens with zero attached hydrogens (tertiary/aromatic N) is 5. The second-order valence-electron chi connectivity index (χ2n) is 5.64. The summed E-state index contributed by atoms with van der Waals surface area (Å²) in [4.78, 5) is 2.24. The third-order valence-corrected chi connectivity index (χ3v) is 6.58. The molecule has 0 spiro atoms. The average molecular weight is 299 g/mol. The molecule has 20 heavy (non-hydrogen) atoms. The second-order valence-corrected chi connectivity index (χ2v) is 7.85. The van der Waals surface area contributed by atoms with Gasteiger partial charge in [0.05, 0.1) is 11.8 Å². The Morgan fingerprint density at radius 1 is 1.15 bits per heavy atom. The first-order valence-electron chi connectivity index (χ1n) is 7.04. The first-order valence-corrected chi connectivity index (χ1v) is 8.55. The van der Waals surface area contributed by atoms with E-state index >= 15 is 0 Å². The summed E-state index contributed by atoms with van der Waals surface area (Å²) < 4.78 is 27.9. The molecule has 0 atom stereocenters. The SMILES string of the molecule is Cc1nnc(CN2CCN(S(=O)(=O)C3CC3)CC2)n1C. The number of hydrogen-bond acceptors (Lipinski definition) is 5. The maximum Gasteiger partial charge on any atom is 0.217 e. The van der Waals surface area contributed by atoms with Crippen molar-refractivity contribution in [1.82, 2.24) is 24.0 Å². The number of piperazine rings is 1. The van der Waals surface area contributed by atoms with Crippen LogP contribution in [0.15, 0.2) is 0 Å². The minimum atomic E-state index is -3.02. The Kier molecular flexibility index (Phi) is 3.55. The van der Waals surface area contributed by atoms with Crippen LogP contribution in [-0.2, 0) is 23.6 Å². The number of aryl methyl sites for hydroxylation is 1. The molecule has 1 saturated heterocycles. The molecule has 0 N–H and O–H groups in total. The molecular formula is C12H21N5O2S. The van der Waals surface area contributed by atoms with Gasteiger partial charge in [0.1, 0.15) is 11.6 Å². The van der Waals surface area contributed by atoms with Crippen molar-refractivity contribution < 1.29 is 8.42 Å². The molecular weight excluding hydrogens is 278 g/mol. The number of rotatable bonds is 4. The molecule has 1 saturated carbocycles. The van der Waals surface area contributed by atoms with Crippen LogP contribution in [0.5, 0.6) is 0 Å². The van der Waals surface area contributed by atoms with Crippen LogP contribution in [0.4, 0.5) is 0 Å². The van der Waals surface area contributed by atoms with E-state index in [1.165, 1.54) is 0 Å². The van der Waals surface area contributed by atoms with Crippen molar-refractivity contribution in [1.29, 1.82) is 0 Å². The van der Waals surface area contributed by atoms with Crippen molar-refractivity contribution in [3.05, 3.63) is 11.6 Å². The smallest absolute Gasteiger partial charge is 0.217 e. The minimum absolute atomic E-state index is 0.101. The first-order chi connectivity index (χ1) is 9.48. The van der Waals surface area contributed by atoms with Gasteiger partial charge in [-0.2, -0.15) is 4.31 Å². The number of aromatic nitrogens is 3. The van der Waals surface area contributed by atoms with Gasteiger partial charge in [-0.15, -0.1) is 10.2 Å². The van der Waals surface area contributed by atoms with E-state index in [0.717, 1.165) is 44.1 Å². The predicted molar refractivity (Wildman–Crippen MR) is 74.5 cm³/mol. The van der Waals surface area contributed by atoms with E-state index in [2.05, 4.69) is 15.1 Å². The zero-order valence-corrected chi connectivity index (χ0v) is 12.8. The summed E-state index contributed by atoms with van der Waals surface area (Å²) in [7, 11) is -1.06. The van der Waals surface area contributed by atoms with E-state index in [-0.39, 0.29) is 5.25 Å². The van der Waals surface area contributed by atoms with Gasteiger partial charge in [-0.3, -0.25) is 4.90 Å². The fourth-order valence-electron chi connectivity index (χ4n) is 2.51. The van der Waals surface area contributed by atoms with Gasteiger partial charge in [-0.1, -0.05) is 0 Å². The van der Waals surface area contributed by atoms with Crippen LogP contribution in [0.3, 0.4) is 0 Å². The molecule has 0 radical (unpaired) electrons. The topological polar surface area (TPSA) is 71.3 Å². The van der Waals surface area contributed by atoms with E-state index in [4.69, 9.17) is 0 Å². The van der Waals surface area contributed by atoms with Crippen LogP contribution in [-0.4, -0.2) is 63.8 Å². The summed E-state index contributed by atoms with van der Waals surface area (Å²) in [5.74, 6) is 1.83. The zero-order chi connectivity index (χ0) is 14.3. The van der Waals surface area contributed by atoms with Crippen LogP contribution in [0, 0.1) is 6.92 Å². The lowest BCUT2D eigenvalue weighted by molar-refractivity contribution is 0.176. The zero-order valence-electron chi connectivity index (χ0n) is 12.0. The van der Waals surface area contributed by atoms with Crippen molar-refractivity contribution in [3.8, 4) is 0 Å². The van der Waals surface area contributed by atoms with Gasteiger partial charge in [0, 0.05) is 33.2 Å². The minimum Gasteiger partial charge on any atom is -0.317 e. The first kappa shape index (κ1) is 14.0. The fraction of sp³-hybridized carbons (Fsp3) is 0.833. The van der Waals surface area contributed by atoms with Crippen molar-refractivity contribution in [3.63, 3.8) is 0 Å². The highest BCUT2D eigenvalue weighted by Crippen LogP contribution is 2.31. The Bertz CT molecular complexity index is 585. The summed E-state index contributed by atoms with van der Waals surface area (Å²) in [5.41, 5.74) is 0. The summed E-state index contributed by atoms with van der Waals surface area (Å²) >= 11 is 0.